The van der Waals surface area contributed by atoms with E-state index in [0.717, 1.165) is 23.8 Å². The first kappa shape index (κ1) is 25.1. The number of nitrogens with zero attached hydrogens (tertiary/aromatic N) is 3. The lowest BCUT2D eigenvalue weighted by molar-refractivity contribution is 0.102. The quantitative estimate of drug-likeness (QED) is 0.329. The van der Waals surface area contributed by atoms with Crippen LogP contribution in [0.4, 0.5) is 15.8 Å². The highest BCUT2D eigenvalue weighted by atomic mass is 32.2. The molecule has 0 atom stereocenters. The second kappa shape index (κ2) is 10.7. The monoisotopic (exact) mass is 508 g/mol. The molecular weight excluding hydrogens is 483 g/mol. The smallest absolute Gasteiger partial charge is 0.276 e. The molecule has 0 aliphatic rings. The lowest BCUT2D eigenvalue weighted by Crippen LogP contribution is -2.27. The van der Waals surface area contributed by atoms with Gasteiger partial charge < -0.3 is 14.6 Å². The van der Waals surface area contributed by atoms with Crippen LogP contribution in [0.3, 0.4) is 0 Å². The summed E-state index contributed by atoms with van der Waals surface area (Å²) >= 11 is 0. The number of sulfone groups is 1. The Morgan fingerprint density at radius 1 is 1.03 bits per heavy atom. The van der Waals surface area contributed by atoms with E-state index in [2.05, 4.69) is 15.3 Å². The van der Waals surface area contributed by atoms with E-state index >= 15 is 0 Å². The van der Waals surface area contributed by atoms with Crippen LogP contribution in [0.2, 0.25) is 0 Å². The van der Waals surface area contributed by atoms with E-state index in [1.165, 1.54) is 24.6 Å². The lowest BCUT2D eigenvalue weighted by Gasteiger charge is -2.25. The molecule has 2 aromatic carbocycles. The van der Waals surface area contributed by atoms with Crippen molar-refractivity contribution in [3.05, 3.63) is 102 Å². The molecule has 1 amide bonds. The highest BCUT2D eigenvalue weighted by molar-refractivity contribution is 7.90. The maximum Gasteiger partial charge on any atom is 0.276 e. The Balaban J connectivity index is 1.75. The van der Waals surface area contributed by atoms with Crippen molar-refractivity contribution in [1.82, 2.24) is 9.97 Å². The van der Waals surface area contributed by atoms with Crippen molar-refractivity contribution in [2.45, 2.75) is 31.6 Å². The third-order valence-electron chi connectivity index (χ3n) is 5.47. The number of rotatable bonds is 9. The lowest BCUT2D eigenvalue weighted by atomic mass is 10.1. The fourth-order valence-corrected chi connectivity index (χ4v) is 4.08. The van der Waals surface area contributed by atoms with E-state index in [4.69, 9.17) is 4.42 Å². The zero-order valence-electron chi connectivity index (χ0n) is 19.8. The van der Waals surface area contributed by atoms with Crippen LogP contribution in [0.15, 0.2) is 82.7 Å². The van der Waals surface area contributed by atoms with E-state index in [1.807, 2.05) is 19.1 Å². The number of halogens is 1. The summed E-state index contributed by atoms with van der Waals surface area (Å²) in [6.45, 7) is 2.52. The largest absolute Gasteiger partial charge is 0.467 e. The summed E-state index contributed by atoms with van der Waals surface area (Å²) in [6, 6.07) is 16.8. The van der Waals surface area contributed by atoms with Crippen molar-refractivity contribution >= 4 is 27.1 Å². The van der Waals surface area contributed by atoms with Crippen LogP contribution in [-0.4, -0.2) is 30.5 Å². The Labute approximate surface area is 208 Å². The topological polar surface area (TPSA) is 105 Å². The standard InChI is InChI=1S/C26H25FN4O4S/c1-3-18-8-12-21(13-9-18)29-25(32)24-23(15-28-26(30-24)36(2,33)34)31(17-22-5-4-14-35-22)16-19-6-10-20(27)11-7-19/h4-15H,3,16-17H2,1-2H3,(H,29,32). The highest BCUT2D eigenvalue weighted by Crippen LogP contribution is 2.25. The minimum atomic E-state index is -3.78. The molecule has 0 saturated heterocycles. The SMILES string of the molecule is CCc1ccc(NC(=O)c2nc(S(C)(=O)=O)ncc2N(Cc2ccc(F)cc2)Cc2ccco2)cc1. The van der Waals surface area contributed by atoms with Gasteiger partial charge in [0.15, 0.2) is 5.69 Å². The Hall–Kier alpha value is -4.05. The van der Waals surface area contributed by atoms with Crippen molar-refractivity contribution in [3.8, 4) is 0 Å². The zero-order valence-corrected chi connectivity index (χ0v) is 20.6. The van der Waals surface area contributed by atoms with Crippen molar-refractivity contribution in [2.75, 3.05) is 16.5 Å². The molecule has 0 aliphatic heterocycles. The molecule has 4 rings (SSSR count). The van der Waals surface area contributed by atoms with Gasteiger partial charge in [-0.05, 0) is 53.9 Å². The van der Waals surface area contributed by atoms with Crippen molar-refractivity contribution in [2.24, 2.45) is 0 Å². The molecule has 0 saturated carbocycles. The third-order valence-corrected chi connectivity index (χ3v) is 6.33. The van der Waals surface area contributed by atoms with E-state index in [-0.39, 0.29) is 24.6 Å². The van der Waals surface area contributed by atoms with E-state index in [0.29, 0.717) is 17.1 Å². The highest BCUT2D eigenvalue weighted by Gasteiger charge is 2.24. The average Bonchev–Trinajstić information content (AvgIpc) is 3.38. The van der Waals surface area contributed by atoms with Crippen LogP contribution in [0, 0.1) is 5.82 Å². The first-order valence-corrected chi connectivity index (χ1v) is 13.1. The van der Waals surface area contributed by atoms with Crippen molar-refractivity contribution in [3.63, 3.8) is 0 Å². The Kier molecular flexibility index (Phi) is 7.44. The summed E-state index contributed by atoms with van der Waals surface area (Å²) in [5, 5.41) is 2.33. The van der Waals surface area contributed by atoms with E-state index in [9.17, 15) is 17.6 Å². The van der Waals surface area contributed by atoms with Crippen molar-refractivity contribution < 1.29 is 22.0 Å². The van der Waals surface area contributed by atoms with Gasteiger partial charge in [0.05, 0.1) is 24.7 Å². The van der Waals surface area contributed by atoms with Gasteiger partial charge >= 0.3 is 0 Å². The number of anilines is 2. The predicted molar refractivity (Wildman–Crippen MR) is 134 cm³/mol. The molecular formula is C26H25FN4O4S. The van der Waals surface area contributed by atoms with Crippen LogP contribution in [0.5, 0.6) is 0 Å². The minimum absolute atomic E-state index is 0.112. The molecule has 0 spiro atoms. The second-order valence-corrected chi connectivity index (χ2v) is 10.1. The fraction of sp³-hybridized carbons (Fsp3) is 0.192. The van der Waals surface area contributed by atoms with Gasteiger partial charge in [-0.25, -0.2) is 22.8 Å². The predicted octanol–water partition coefficient (Wildman–Crippen LogP) is 4.63. The molecule has 186 valence electrons. The summed E-state index contributed by atoms with van der Waals surface area (Å²) in [6.07, 6.45) is 4.67. The molecule has 8 nitrogen and oxygen atoms in total. The summed E-state index contributed by atoms with van der Waals surface area (Å²) < 4.78 is 43.3. The summed E-state index contributed by atoms with van der Waals surface area (Å²) in [5.74, 6) is -0.359. The molecule has 10 heteroatoms. The minimum Gasteiger partial charge on any atom is -0.467 e. The van der Waals surface area contributed by atoms with Crippen LogP contribution in [-0.2, 0) is 29.3 Å². The molecule has 36 heavy (non-hydrogen) atoms. The van der Waals surface area contributed by atoms with Gasteiger partial charge in [0.1, 0.15) is 11.6 Å². The number of carbonyl (C=O) groups excluding carboxylic acids is 1. The fourth-order valence-electron chi connectivity index (χ4n) is 3.58. The normalized spacial score (nSPS) is 11.3. The number of nitrogens with one attached hydrogen (secondary N) is 1. The number of hydrogen-bond donors (Lipinski definition) is 1. The molecule has 2 aromatic heterocycles. The molecule has 0 unspecified atom stereocenters. The molecule has 0 aliphatic carbocycles. The van der Waals surface area contributed by atoms with Gasteiger partial charge in [-0.1, -0.05) is 31.2 Å². The number of aryl methyl sites for hydroxylation is 1. The number of amides is 1. The Morgan fingerprint density at radius 3 is 2.33 bits per heavy atom. The Bertz CT molecular complexity index is 1440. The number of carbonyl (C=O) groups is 1. The first-order chi connectivity index (χ1) is 17.2. The summed E-state index contributed by atoms with van der Waals surface area (Å²) in [4.78, 5) is 23.3. The van der Waals surface area contributed by atoms with Crippen LogP contribution >= 0.6 is 0 Å². The maximum absolute atomic E-state index is 13.5. The van der Waals surface area contributed by atoms with Gasteiger partial charge in [-0.15, -0.1) is 0 Å². The number of furan rings is 1. The average molecular weight is 509 g/mol. The molecule has 2 heterocycles. The van der Waals surface area contributed by atoms with E-state index in [1.54, 1.807) is 41.3 Å². The molecule has 0 bridgehead atoms. The van der Waals surface area contributed by atoms with Gasteiger partial charge in [0, 0.05) is 18.5 Å². The Morgan fingerprint density at radius 2 is 1.72 bits per heavy atom. The van der Waals surface area contributed by atoms with Crippen molar-refractivity contribution in [1.29, 1.82) is 0 Å². The zero-order chi connectivity index (χ0) is 25.7. The van der Waals surface area contributed by atoms with Gasteiger partial charge in [-0.3, -0.25) is 4.79 Å². The molecule has 0 fully saturated rings. The van der Waals surface area contributed by atoms with Gasteiger partial charge in [0.25, 0.3) is 5.91 Å². The van der Waals surface area contributed by atoms with Crippen LogP contribution < -0.4 is 10.2 Å². The summed E-state index contributed by atoms with van der Waals surface area (Å²) in [5.41, 5.74) is 2.60. The number of aromatic nitrogens is 2. The van der Waals surface area contributed by atoms with Gasteiger partial charge in [-0.2, -0.15) is 0 Å². The maximum atomic E-state index is 13.5. The van der Waals surface area contributed by atoms with E-state index < -0.39 is 20.9 Å². The number of benzene rings is 2. The van der Waals surface area contributed by atoms with Crippen LogP contribution in [0.25, 0.3) is 0 Å². The van der Waals surface area contributed by atoms with Gasteiger partial charge in [0.2, 0.25) is 15.0 Å². The third kappa shape index (κ3) is 6.14. The molecule has 1 N–H and O–H groups in total. The molecule has 4 aromatic rings. The number of hydrogen-bond acceptors (Lipinski definition) is 7. The van der Waals surface area contributed by atoms with Crippen LogP contribution in [0.1, 0.15) is 34.3 Å². The second-order valence-electron chi connectivity index (χ2n) is 8.23. The molecule has 0 radical (unpaired) electrons. The summed E-state index contributed by atoms with van der Waals surface area (Å²) in [7, 11) is -3.78. The first-order valence-electron chi connectivity index (χ1n) is 11.2.